The third kappa shape index (κ3) is 7.89. The molecule has 0 radical (unpaired) electrons. The van der Waals surface area contributed by atoms with Gasteiger partial charge in [0, 0.05) is 45.2 Å². The molecule has 2 aliphatic rings. The molecule has 1 unspecified atom stereocenters. The number of carbonyl (C=O) groups is 2. The number of piperazine rings is 1. The van der Waals surface area contributed by atoms with Crippen molar-refractivity contribution < 1.29 is 27.5 Å². The predicted octanol–water partition coefficient (Wildman–Crippen LogP) is 6.42. The Bertz CT molecular complexity index is 1540. The Morgan fingerprint density at radius 1 is 0.978 bits per heavy atom. The first kappa shape index (κ1) is 32.6. The Balaban J connectivity index is 1.29. The highest BCUT2D eigenvalue weighted by molar-refractivity contribution is 6.32. The molecule has 2 heterocycles. The standard InChI is InChI=1S/C35H37ClF3N3O3/c1-23(43)42-21-27-20-28(32(30(22-42)40-27)34(44)41(2)18-17-24-8-4-3-5-9-24)26-15-13-25(14-16-26)10-7-19-45-31-12-6-11-29(33(31)36)35(37,38)39/h3-6,8-9,11-16,27,30,40H,7,10,17-22H2,1-2H3/t27?,30-/m1/s1. The third-order valence-corrected chi connectivity index (χ3v) is 8.83. The van der Waals surface area contributed by atoms with Crippen molar-refractivity contribution in [3.63, 3.8) is 0 Å². The van der Waals surface area contributed by atoms with Gasteiger partial charge < -0.3 is 19.9 Å². The van der Waals surface area contributed by atoms with Crippen LogP contribution in [0.4, 0.5) is 13.2 Å². The van der Waals surface area contributed by atoms with E-state index in [9.17, 15) is 22.8 Å². The van der Waals surface area contributed by atoms with Gasteiger partial charge in [-0.2, -0.15) is 13.2 Å². The normalized spacial score (nSPS) is 18.1. The number of aryl methyl sites for hydroxylation is 1. The number of fused-ring (bicyclic) bond motifs is 2. The zero-order valence-corrected chi connectivity index (χ0v) is 26.1. The second-order valence-electron chi connectivity index (χ2n) is 11.7. The van der Waals surface area contributed by atoms with E-state index in [1.54, 1.807) is 11.8 Å². The van der Waals surface area contributed by atoms with Crippen LogP contribution in [0.25, 0.3) is 5.57 Å². The monoisotopic (exact) mass is 639 g/mol. The molecule has 0 aliphatic carbocycles. The number of hydrogen-bond donors (Lipinski definition) is 1. The molecule has 0 saturated carbocycles. The van der Waals surface area contributed by atoms with Gasteiger partial charge in [-0.1, -0.05) is 72.3 Å². The lowest BCUT2D eigenvalue weighted by Crippen LogP contribution is -2.61. The molecule has 2 amide bonds. The number of likely N-dealkylation sites (N-methyl/N-ethyl adjacent to an activating group) is 1. The van der Waals surface area contributed by atoms with Crippen molar-refractivity contribution in [1.29, 1.82) is 0 Å². The molecule has 5 rings (SSSR count). The maximum absolute atomic E-state index is 14.0. The highest BCUT2D eigenvalue weighted by atomic mass is 35.5. The first-order valence-corrected chi connectivity index (χ1v) is 15.5. The molecule has 10 heteroatoms. The number of ether oxygens (including phenoxy) is 1. The van der Waals surface area contributed by atoms with E-state index in [-0.39, 0.29) is 36.3 Å². The zero-order chi connectivity index (χ0) is 32.1. The fourth-order valence-corrected chi connectivity index (χ4v) is 6.33. The molecule has 0 spiro atoms. The number of alkyl halides is 3. The van der Waals surface area contributed by atoms with Crippen LogP contribution in [0.15, 0.2) is 78.4 Å². The van der Waals surface area contributed by atoms with Gasteiger partial charge in [0.05, 0.1) is 23.2 Å². The van der Waals surface area contributed by atoms with Crippen LogP contribution in [0.1, 0.15) is 42.0 Å². The summed E-state index contributed by atoms with van der Waals surface area (Å²) in [5, 5.41) is 3.15. The average molecular weight is 640 g/mol. The molecule has 3 aromatic carbocycles. The number of amides is 2. The molecule has 2 atom stereocenters. The summed E-state index contributed by atoms with van der Waals surface area (Å²) in [6.45, 7) is 3.38. The first-order valence-electron chi connectivity index (χ1n) is 15.1. The van der Waals surface area contributed by atoms with Crippen molar-refractivity contribution in [1.82, 2.24) is 15.1 Å². The molecule has 0 aromatic heterocycles. The predicted molar refractivity (Wildman–Crippen MR) is 169 cm³/mol. The number of rotatable bonds is 10. The molecule has 1 fully saturated rings. The van der Waals surface area contributed by atoms with E-state index in [0.717, 1.165) is 34.8 Å². The molecule has 2 bridgehead atoms. The molecular formula is C35H37ClF3N3O3. The number of halogens is 4. The van der Waals surface area contributed by atoms with Crippen LogP contribution < -0.4 is 10.1 Å². The van der Waals surface area contributed by atoms with Gasteiger partial charge in [-0.3, -0.25) is 9.59 Å². The fourth-order valence-electron chi connectivity index (χ4n) is 6.05. The molecule has 1 saturated heterocycles. The summed E-state index contributed by atoms with van der Waals surface area (Å²) in [7, 11) is 1.82. The van der Waals surface area contributed by atoms with E-state index in [1.807, 2.05) is 54.4 Å². The summed E-state index contributed by atoms with van der Waals surface area (Å²) >= 11 is 5.94. The second kappa shape index (κ2) is 14.1. The molecule has 1 N–H and O–H groups in total. The van der Waals surface area contributed by atoms with E-state index in [1.165, 1.54) is 12.1 Å². The lowest BCUT2D eigenvalue weighted by atomic mass is 9.82. The smallest absolute Gasteiger partial charge is 0.417 e. The number of hydrogen-bond acceptors (Lipinski definition) is 4. The Morgan fingerprint density at radius 3 is 2.38 bits per heavy atom. The summed E-state index contributed by atoms with van der Waals surface area (Å²) in [6, 6.07) is 21.6. The van der Waals surface area contributed by atoms with Crippen LogP contribution in [0.5, 0.6) is 5.75 Å². The van der Waals surface area contributed by atoms with Gasteiger partial charge in [-0.25, -0.2) is 0 Å². The summed E-state index contributed by atoms with van der Waals surface area (Å²) in [5.74, 6) is -0.0286. The van der Waals surface area contributed by atoms with Crippen molar-refractivity contribution in [3.8, 4) is 5.75 Å². The van der Waals surface area contributed by atoms with E-state index in [0.29, 0.717) is 44.5 Å². The van der Waals surface area contributed by atoms with Gasteiger partial charge in [-0.15, -0.1) is 0 Å². The van der Waals surface area contributed by atoms with E-state index >= 15 is 0 Å². The molecular weight excluding hydrogens is 603 g/mol. The number of nitrogens with one attached hydrogen (secondary N) is 1. The summed E-state index contributed by atoms with van der Waals surface area (Å²) in [6.07, 6.45) is -1.94. The third-order valence-electron chi connectivity index (χ3n) is 8.44. The van der Waals surface area contributed by atoms with E-state index in [2.05, 4.69) is 17.4 Å². The SMILES string of the molecule is CC(=O)N1CC2CC(c3ccc(CCCOc4cccc(C(F)(F)F)c4Cl)cc3)=C(C(=O)N(C)CCc3ccccc3)[C@@H](C1)N2. The molecule has 238 valence electrons. The zero-order valence-electron chi connectivity index (χ0n) is 25.4. The molecule has 3 aromatic rings. The second-order valence-corrected chi connectivity index (χ2v) is 12.0. The highest BCUT2D eigenvalue weighted by Gasteiger charge is 2.40. The van der Waals surface area contributed by atoms with E-state index in [4.69, 9.17) is 16.3 Å². The minimum absolute atomic E-state index is 0.00263. The maximum atomic E-state index is 14.0. The van der Waals surface area contributed by atoms with Crippen LogP contribution in [0, 0.1) is 0 Å². The van der Waals surface area contributed by atoms with Gasteiger partial charge in [0.2, 0.25) is 5.91 Å². The lowest BCUT2D eigenvalue weighted by molar-refractivity contribution is -0.137. The van der Waals surface area contributed by atoms with Crippen LogP contribution in [0.2, 0.25) is 5.02 Å². The van der Waals surface area contributed by atoms with Gasteiger partial charge in [0.25, 0.3) is 5.91 Å². The van der Waals surface area contributed by atoms with E-state index < -0.39 is 16.8 Å². The van der Waals surface area contributed by atoms with Crippen molar-refractivity contribution in [2.45, 2.75) is 50.9 Å². The Morgan fingerprint density at radius 2 is 1.69 bits per heavy atom. The number of benzene rings is 3. The average Bonchev–Trinajstić information content (AvgIpc) is 3.02. The summed E-state index contributed by atoms with van der Waals surface area (Å²) < 4.78 is 45.0. The van der Waals surface area contributed by atoms with Gasteiger partial charge in [-0.05, 0) is 60.1 Å². The molecule has 6 nitrogen and oxygen atoms in total. The molecule has 45 heavy (non-hydrogen) atoms. The van der Waals surface area contributed by atoms with Crippen LogP contribution in [0.3, 0.4) is 0 Å². The summed E-state index contributed by atoms with van der Waals surface area (Å²) in [4.78, 5) is 29.8. The Hall–Kier alpha value is -3.82. The van der Waals surface area contributed by atoms with Crippen molar-refractivity contribution >= 4 is 29.0 Å². The minimum atomic E-state index is -4.55. The van der Waals surface area contributed by atoms with Crippen LogP contribution in [-0.2, 0) is 28.6 Å². The van der Waals surface area contributed by atoms with Crippen LogP contribution >= 0.6 is 11.6 Å². The largest absolute Gasteiger partial charge is 0.492 e. The van der Waals surface area contributed by atoms with Gasteiger partial charge in [0.15, 0.2) is 0 Å². The lowest BCUT2D eigenvalue weighted by Gasteiger charge is -2.44. The topological polar surface area (TPSA) is 61.9 Å². The van der Waals surface area contributed by atoms with Crippen LogP contribution in [-0.4, -0.2) is 67.0 Å². The minimum Gasteiger partial charge on any atom is -0.492 e. The quantitative estimate of drug-likeness (QED) is 0.260. The molecule has 2 aliphatic heterocycles. The van der Waals surface area contributed by atoms with Crippen molar-refractivity contribution in [2.75, 3.05) is 33.3 Å². The van der Waals surface area contributed by atoms with Gasteiger partial charge >= 0.3 is 6.18 Å². The number of nitrogens with zero attached hydrogens (tertiary/aromatic N) is 2. The fraction of sp³-hybridized carbons (Fsp3) is 0.371. The Labute approximate surface area is 266 Å². The maximum Gasteiger partial charge on any atom is 0.417 e. The van der Waals surface area contributed by atoms with Gasteiger partial charge in [0.1, 0.15) is 5.75 Å². The first-order chi connectivity index (χ1) is 21.5. The van der Waals surface area contributed by atoms with Crippen molar-refractivity contribution in [3.05, 3.63) is 106 Å². The Kier molecular flexibility index (Phi) is 10.2. The number of carbonyl (C=O) groups excluding carboxylic acids is 2. The van der Waals surface area contributed by atoms with Crippen molar-refractivity contribution in [2.24, 2.45) is 0 Å². The summed E-state index contributed by atoms with van der Waals surface area (Å²) in [5.41, 5.74) is 3.96. The highest BCUT2D eigenvalue weighted by Crippen LogP contribution is 2.39.